The van der Waals surface area contributed by atoms with Gasteiger partial charge < -0.3 is 14.6 Å². The van der Waals surface area contributed by atoms with Crippen molar-refractivity contribution in [1.29, 1.82) is 0 Å². The van der Waals surface area contributed by atoms with E-state index in [0.29, 0.717) is 31.4 Å². The van der Waals surface area contributed by atoms with Crippen LogP contribution in [-0.2, 0) is 12.0 Å². The number of aliphatic hydroxyl groups excluding tert-OH is 1. The Morgan fingerprint density at radius 2 is 1.96 bits per heavy atom. The van der Waals surface area contributed by atoms with Crippen LogP contribution in [0.15, 0.2) is 47.5 Å². The van der Waals surface area contributed by atoms with Crippen molar-refractivity contribution in [3.05, 3.63) is 58.6 Å². The van der Waals surface area contributed by atoms with E-state index in [4.69, 9.17) is 0 Å². The second-order valence-electron chi connectivity index (χ2n) is 6.76. The first-order chi connectivity index (χ1) is 11.1. The van der Waals surface area contributed by atoms with Crippen LogP contribution in [0.4, 0.5) is 5.82 Å². The first kappa shape index (κ1) is 15.7. The molecule has 0 bridgehead atoms. The van der Waals surface area contributed by atoms with Crippen LogP contribution in [0, 0.1) is 5.92 Å². The van der Waals surface area contributed by atoms with E-state index in [1.165, 1.54) is 0 Å². The lowest BCUT2D eigenvalue weighted by atomic mass is 9.74. The molecule has 1 N–H and O–H groups in total. The molecule has 0 saturated carbocycles. The highest BCUT2D eigenvalue weighted by molar-refractivity contribution is 5.47. The highest BCUT2D eigenvalue weighted by Crippen LogP contribution is 2.35. The predicted octanol–water partition coefficient (Wildman–Crippen LogP) is 1.65. The topological polar surface area (TPSA) is 58.4 Å². The Kier molecular flexibility index (Phi) is 4.22. The fourth-order valence-corrected chi connectivity index (χ4v) is 3.19. The van der Waals surface area contributed by atoms with Crippen LogP contribution in [-0.4, -0.2) is 34.4 Å². The van der Waals surface area contributed by atoms with Crippen molar-refractivity contribution in [1.82, 2.24) is 9.55 Å². The maximum atomic E-state index is 12.6. The molecule has 5 nitrogen and oxygen atoms in total. The third-order valence-corrected chi connectivity index (χ3v) is 4.43. The molecule has 122 valence electrons. The molecule has 2 heterocycles. The van der Waals surface area contributed by atoms with Gasteiger partial charge in [0.2, 0.25) is 0 Å². The molecule has 1 aliphatic heterocycles. The van der Waals surface area contributed by atoms with Gasteiger partial charge in [-0.05, 0) is 11.5 Å². The second kappa shape index (κ2) is 6.16. The standard InChI is InChI=1S/C18H23N3O2/c1-14(2)10-20-9-8-19-16(17(20)23)21-11-18(12-21,13-22)15-6-4-3-5-7-15/h3-9,14,22H,10-13H2,1-2H3. The number of hydrogen-bond donors (Lipinski definition) is 1. The Balaban J connectivity index is 1.83. The maximum Gasteiger partial charge on any atom is 0.293 e. The van der Waals surface area contributed by atoms with Gasteiger partial charge in [-0.25, -0.2) is 4.98 Å². The molecule has 0 amide bonds. The van der Waals surface area contributed by atoms with Crippen LogP contribution in [0.3, 0.4) is 0 Å². The van der Waals surface area contributed by atoms with Crippen molar-refractivity contribution in [2.45, 2.75) is 25.8 Å². The van der Waals surface area contributed by atoms with E-state index in [1.54, 1.807) is 17.0 Å². The quantitative estimate of drug-likeness (QED) is 0.912. The Morgan fingerprint density at radius 1 is 1.26 bits per heavy atom. The average Bonchev–Trinajstić information content (AvgIpc) is 2.51. The molecule has 2 aromatic rings. The summed E-state index contributed by atoms with van der Waals surface area (Å²) in [6.07, 6.45) is 3.42. The predicted molar refractivity (Wildman–Crippen MR) is 90.8 cm³/mol. The van der Waals surface area contributed by atoms with Gasteiger partial charge in [-0.2, -0.15) is 0 Å². The number of nitrogens with zero attached hydrogens (tertiary/aromatic N) is 3. The first-order valence-corrected chi connectivity index (χ1v) is 8.02. The average molecular weight is 313 g/mol. The van der Waals surface area contributed by atoms with Crippen molar-refractivity contribution in [2.75, 3.05) is 24.6 Å². The minimum absolute atomic E-state index is 0.0548. The van der Waals surface area contributed by atoms with Crippen LogP contribution >= 0.6 is 0 Å². The molecular weight excluding hydrogens is 290 g/mol. The lowest BCUT2D eigenvalue weighted by Gasteiger charge is -2.49. The number of hydrogen-bond acceptors (Lipinski definition) is 4. The van der Waals surface area contributed by atoms with E-state index in [-0.39, 0.29) is 17.6 Å². The molecule has 1 aromatic carbocycles. The van der Waals surface area contributed by atoms with Crippen molar-refractivity contribution < 1.29 is 5.11 Å². The van der Waals surface area contributed by atoms with Gasteiger partial charge in [-0.15, -0.1) is 0 Å². The first-order valence-electron chi connectivity index (χ1n) is 8.02. The Morgan fingerprint density at radius 3 is 2.57 bits per heavy atom. The lowest BCUT2D eigenvalue weighted by Crippen LogP contribution is -2.63. The molecule has 0 unspecified atom stereocenters. The Hall–Kier alpha value is -2.14. The number of aromatic nitrogens is 2. The zero-order valence-electron chi connectivity index (χ0n) is 13.6. The summed E-state index contributed by atoms with van der Waals surface area (Å²) < 4.78 is 1.72. The molecule has 1 saturated heterocycles. The number of aliphatic hydroxyl groups is 1. The number of anilines is 1. The van der Waals surface area contributed by atoms with E-state index in [0.717, 1.165) is 5.56 Å². The van der Waals surface area contributed by atoms with E-state index in [1.807, 2.05) is 35.2 Å². The van der Waals surface area contributed by atoms with Crippen molar-refractivity contribution in [3.8, 4) is 0 Å². The van der Waals surface area contributed by atoms with Crippen molar-refractivity contribution in [2.24, 2.45) is 5.92 Å². The highest BCUT2D eigenvalue weighted by atomic mass is 16.3. The molecule has 0 spiro atoms. The third-order valence-electron chi connectivity index (χ3n) is 4.43. The van der Waals surface area contributed by atoms with Gasteiger partial charge >= 0.3 is 0 Å². The van der Waals surface area contributed by atoms with Gasteiger partial charge in [0, 0.05) is 32.0 Å². The highest BCUT2D eigenvalue weighted by Gasteiger charge is 2.45. The second-order valence-corrected chi connectivity index (χ2v) is 6.76. The molecule has 0 atom stereocenters. The molecule has 0 radical (unpaired) electrons. The summed E-state index contributed by atoms with van der Waals surface area (Å²) >= 11 is 0. The summed E-state index contributed by atoms with van der Waals surface area (Å²) in [7, 11) is 0. The molecular formula is C18H23N3O2. The summed E-state index contributed by atoms with van der Waals surface area (Å²) in [5, 5.41) is 9.87. The van der Waals surface area contributed by atoms with Gasteiger partial charge in [-0.1, -0.05) is 44.2 Å². The summed E-state index contributed by atoms with van der Waals surface area (Å²) in [6.45, 7) is 6.15. The van der Waals surface area contributed by atoms with E-state index in [9.17, 15) is 9.90 Å². The van der Waals surface area contributed by atoms with E-state index >= 15 is 0 Å². The lowest BCUT2D eigenvalue weighted by molar-refractivity contribution is 0.161. The summed E-state index contributed by atoms with van der Waals surface area (Å²) in [4.78, 5) is 18.8. The molecule has 5 heteroatoms. The zero-order chi connectivity index (χ0) is 16.4. The fraction of sp³-hybridized carbons (Fsp3) is 0.444. The minimum Gasteiger partial charge on any atom is -0.395 e. The summed E-state index contributed by atoms with van der Waals surface area (Å²) in [5.74, 6) is 0.883. The molecule has 0 aliphatic carbocycles. The summed E-state index contributed by atoms with van der Waals surface area (Å²) in [5.41, 5.74) is 0.756. The maximum absolute atomic E-state index is 12.6. The smallest absolute Gasteiger partial charge is 0.293 e. The van der Waals surface area contributed by atoms with E-state index < -0.39 is 0 Å². The molecule has 3 rings (SSSR count). The molecule has 1 aliphatic rings. The largest absolute Gasteiger partial charge is 0.395 e. The van der Waals surface area contributed by atoms with Crippen LogP contribution in [0.5, 0.6) is 0 Å². The number of benzene rings is 1. The SMILES string of the molecule is CC(C)Cn1ccnc(N2CC(CO)(c3ccccc3)C2)c1=O. The van der Waals surface area contributed by atoms with Gasteiger partial charge in [0.15, 0.2) is 5.82 Å². The van der Waals surface area contributed by atoms with Crippen LogP contribution in [0.2, 0.25) is 0 Å². The normalized spacial score (nSPS) is 16.4. The zero-order valence-corrected chi connectivity index (χ0v) is 13.6. The molecule has 1 fully saturated rings. The van der Waals surface area contributed by atoms with Gasteiger partial charge in [0.1, 0.15) is 0 Å². The van der Waals surface area contributed by atoms with Crippen LogP contribution in [0.1, 0.15) is 19.4 Å². The van der Waals surface area contributed by atoms with Crippen molar-refractivity contribution >= 4 is 5.82 Å². The van der Waals surface area contributed by atoms with Crippen LogP contribution in [0.25, 0.3) is 0 Å². The van der Waals surface area contributed by atoms with Crippen LogP contribution < -0.4 is 10.5 Å². The fourth-order valence-electron chi connectivity index (χ4n) is 3.19. The third kappa shape index (κ3) is 2.88. The number of rotatable bonds is 5. The monoisotopic (exact) mass is 313 g/mol. The Labute approximate surface area is 136 Å². The van der Waals surface area contributed by atoms with Gasteiger partial charge in [0.05, 0.1) is 12.0 Å². The Bertz CT molecular complexity index is 719. The van der Waals surface area contributed by atoms with Gasteiger partial charge in [0.25, 0.3) is 5.56 Å². The minimum atomic E-state index is -0.298. The summed E-state index contributed by atoms with van der Waals surface area (Å²) in [6, 6.07) is 9.98. The molecule has 23 heavy (non-hydrogen) atoms. The van der Waals surface area contributed by atoms with E-state index in [2.05, 4.69) is 18.8 Å². The van der Waals surface area contributed by atoms with Crippen molar-refractivity contribution in [3.63, 3.8) is 0 Å². The van der Waals surface area contributed by atoms with Gasteiger partial charge in [-0.3, -0.25) is 4.79 Å². The molecule has 1 aromatic heterocycles.